The van der Waals surface area contributed by atoms with Crippen LogP contribution >= 0.6 is 11.6 Å². The molecule has 126 valence electrons. The van der Waals surface area contributed by atoms with Crippen molar-refractivity contribution in [3.63, 3.8) is 0 Å². The zero-order chi connectivity index (χ0) is 17.1. The maximum Gasteiger partial charge on any atom is 0.346 e. The van der Waals surface area contributed by atoms with Gasteiger partial charge in [-0.25, -0.2) is 4.79 Å². The Labute approximate surface area is 145 Å². The van der Waals surface area contributed by atoms with E-state index in [1.165, 1.54) is 0 Å². The lowest BCUT2D eigenvalue weighted by molar-refractivity contribution is 0.0637. The summed E-state index contributed by atoms with van der Waals surface area (Å²) >= 11 is 5.88. The number of H-pyrrole nitrogens is 1. The summed E-state index contributed by atoms with van der Waals surface area (Å²) in [6, 6.07) is 8.63. The minimum absolute atomic E-state index is 0.166. The standard InChI is InChI=1S/C17H19ClN4O2/c1-2-21-7-9-22(10-8-21)16(23)15-11-14(19-17(24)20-15)12-3-5-13(18)6-4-12/h3-6,11H,2,7-10H2,1H3,(H,19,20,24). The molecule has 1 aromatic carbocycles. The van der Waals surface area contributed by atoms with Crippen molar-refractivity contribution in [3.8, 4) is 11.3 Å². The molecule has 24 heavy (non-hydrogen) atoms. The molecule has 3 rings (SSSR count). The number of carbonyl (C=O) groups is 1. The lowest BCUT2D eigenvalue weighted by Crippen LogP contribution is -2.48. The van der Waals surface area contributed by atoms with Crippen LogP contribution in [-0.4, -0.2) is 58.4 Å². The first-order valence-corrected chi connectivity index (χ1v) is 8.33. The molecule has 0 radical (unpaired) electrons. The second kappa shape index (κ2) is 7.15. The van der Waals surface area contributed by atoms with Crippen molar-refractivity contribution in [3.05, 3.63) is 51.5 Å². The van der Waals surface area contributed by atoms with Crippen LogP contribution in [0.1, 0.15) is 17.4 Å². The van der Waals surface area contributed by atoms with Crippen molar-refractivity contribution in [2.75, 3.05) is 32.7 Å². The Morgan fingerprint density at radius 1 is 1.21 bits per heavy atom. The second-order valence-electron chi connectivity index (χ2n) is 5.72. The van der Waals surface area contributed by atoms with Crippen molar-refractivity contribution in [1.29, 1.82) is 0 Å². The zero-order valence-corrected chi connectivity index (χ0v) is 14.2. The van der Waals surface area contributed by atoms with Crippen molar-refractivity contribution >= 4 is 17.5 Å². The highest BCUT2D eigenvalue weighted by Crippen LogP contribution is 2.19. The molecule has 1 fully saturated rings. The van der Waals surface area contributed by atoms with Crippen LogP contribution in [0, 0.1) is 0 Å². The molecule has 1 aromatic heterocycles. The first kappa shape index (κ1) is 16.7. The Morgan fingerprint density at radius 3 is 2.50 bits per heavy atom. The Hall–Kier alpha value is -2.18. The quantitative estimate of drug-likeness (QED) is 0.921. The van der Waals surface area contributed by atoms with Crippen LogP contribution in [0.5, 0.6) is 0 Å². The number of nitrogens with zero attached hydrogens (tertiary/aromatic N) is 3. The molecule has 0 atom stereocenters. The Bertz CT molecular complexity index is 780. The summed E-state index contributed by atoms with van der Waals surface area (Å²) in [4.78, 5) is 35.1. The number of nitrogens with one attached hydrogen (secondary N) is 1. The van der Waals surface area contributed by atoms with Crippen LogP contribution in [0.25, 0.3) is 11.3 Å². The molecule has 0 unspecified atom stereocenters. The van der Waals surface area contributed by atoms with E-state index in [0.717, 1.165) is 25.2 Å². The van der Waals surface area contributed by atoms with Crippen LogP contribution < -0.4 is 5.69 Å². The number of benzene rings is 1. The summed E-state index contributed by atoms with van der Waals surface area (Å²) < 4.78 is 0. The monoisotopic (exact) mass is 346 g/mol. The van der Waals surface area contributed by atoms with Gasteiger partial charge in [-0.05, 0) is 24.7 Å². The van der Waals surface area contributed by atoms with Gasteiger partial charge in [0.15, 0.2) is 0 Å². The number of hydrogen-bond acceptors (Lipinski definition) is 4. The van der Waals surface area contributed by atoms with Crippen molar-refractivity contribution < 1.29 is 4.79 Å². The molecule has 2 aromatic rings. The first-order chi connectivity index (χ1) is 11.6. The Morgan fingerprint density at radius 2 is 1.88 bits per heavy atom. The molecule has 1 saturated heterocycles. The summed E-state index contributed by atoms with van der Waals surface area (Å²) in [5, 5.41) is 0.605. The Balaban J connectivity index is 1.85. The second-order valence-corrected chi connectivity index (χ2v) is 6.16. The number of aromatic amines is 1. The molecule has 1 N–H and O–H groups in total. The van der Waals surface area contributed by atoms with E-state index in [1.807, 2.05) is 0 Å². The molecular weight excluding hydrogens is 328 g/mol. The molecular formula is C17H19ClN4O2. The highest BCUT2D eigenvalue weighted by Gasteiger charge is 2.22. The largest absolute Gasteiger partial charge is 0.346 e. The summed E-state index contributed by atoms with van der Waals surface area (Å²) in [6.45, 7) is 6.11. The van der Waals surface area contributed by atoms with Gasteiger partial charge in [-0.2, -0.15) is 4.98 Å². The minimum Gasteiger partial charge on any atom is -0.335 e. The smallest absolute Gasteiger partial charge is 0.335 e. The predicted octanol–water partition coefficient (Wildman–Crippen LogP) is 1.87. The normalized spacial score (nSPS) is 15.5. The van der Waals surface area contributed by atoms with E-state index in [1.54, 1.807) is 35.2 Å². The summed E-state index contributed by atoms with van der Waals surface area (Å²) in [7, 11) is 0. The van der Waals surface area contributed by atoms with E-state index < -0.39 is 5.69 Å². The number of carbonyl (C=O) groups excluding carboxylic acids is 1. The Kier molecular flexibility index (Phi) is 4.97. The fourth-order valence-corrected chi connectivity index (χ4v) is 2.90. The lowest BCUT2D eigenvalue weighted by Gasteiger charge is -2.33. The SMILES string of the molecule is CCN1CCN(C(=O)c2cc(-c3ccc(Cl)cc3)nc(=O)[nH]2)CC1. The van der Waals surface area contributed by atoms with Gasteiger partial charge in [-0.3, -0.25) is 4.79 Å². The zero-order valence-electron chi connectivity index (χ0n) is 13.5. The van der Waals surface area contributed by atoms with Gasteiger partial charge in [0.2, 0.25) is 0 Å². The number of rotatable bonds is 3. The highest BCUT2D eigenvalue weighted by molar-refractivity contribution is 6.30. The number of likely N-dealkylation sites (N-methyl/N-ethyl adjacent to an activating group) is 1. The van der Waals surface area contributed by atoms with Crippen molar-refractivity contribution in [2.45, 2.75) is 6.92 Å². The molecule has 1 amide bonds. The summed E-state index contributed by atoms with van der Waals surface area (Å²) in [5.41, 5.74) is 0.948. The summed E-state index contributed by atoms with van der Waals surface area (Å²) in [6.07, 6.45) is 0. The van der Waals surface area contributed by atoms with E-state index in [-0.39, 0.29) is 11.6 Å². The molecule has 1 aliphatic rings. The maximum atomic E-state index is 12.7. The molecule has 0 spiro atoms. The predicted molar refractivity (Wildman–Crippen MR) is 93.3 cm³/mol. The van der Waals surface area contributed by atoms with E-state index in [0.29, 0.717) is 23.8 Å². The lowest BCUT2D eigenvalue weighted by atomic mass is 10.1. The number of amides is 1. The van der Waals surface area contributed by atoms with Crippen LogP contribution in [0.4, 0.5) is 0 Å². The van der Waals surface area contributed by atoms with E-state index >= 15 is 0 Å². The minimum atomic E-state index is -0.530. The fraction of sp³-hybridized carbons (Fsp3) is 0.353. The molecule has 0 saturated carbocycles. The van der Waals surface area contributed by atoms with Gasteiger partial charge >= 0.3 is 5.69 Å². The van der Waals surface area contributed by atoms with Gasteiger partial charge in [0.25, 0.3) is 5.91 Å². The van der Waals surface area contributed by atoms with Gasteiger partial charge < -0.3 is 14.8 Å². The average molecular weight is 347 g/mol. The maximum absolute atomic E-state index is 12.7. The number of piperazine rings is 1. The number of hydrogen-bond donors (Lipinski definition) is 1. The van der Waals surface area contributed by atoms with Gasteiger partial charge in [-0.1, -0.05) is 30.7 Å². The average Bonchev–Trinajstić information content (AvgIpc) is 2.61. The van der Waals surface area contributed by atoms with Crippen molar-refractivity contribution in [1.82, 2.24) is 19.8 Å². The van der Waals surface area contributed by atoms with Gasteiger partial charge in [0.1, 0.15) is 5.69 Å². The van der Waals surface area contributed by atoms with Gasteiger partial charge in [0, 0.05) is 36.8 Å². The molecule has 7 heteroatoms. The number of halogens is 1. The molecule has 6 nitrogen and oxygen atoms in total. The fourth-order valence-electron chi connectivity index (χ4n) is 2.78. The first-order valence-electron chi connectivity index (χ1n) is 7.96. The van der Waals surface area contributed by atoms with E-state index in [4.69, 9.17) is 11.6 Å². The van der Waals surface area contributed by atoms with E-state index in [9.17, 15) is 9.59 Å². The molecule has 0 bridgehead atoms. The van der Waals surface area contributed by atoms with Crippen LogP contribution in [-0.2, 0) is 0 Å². The van der Waals surface area contributed by atoms with Crippen LogP contribution in [0.15, 0.2) is 35.1 Å². The molecule has 0 aliphatic carbocycles. The third kappa shape index (κ3) is 3.66. The van der Waals surface area contributed by atoms with Crippen molar-refractivity contribution in [2.24, 2.45) is 0 Å². The van der Waals surface area contributed by atoms with Crippen LogP contribution in [0.3, 0.4) is 0 Å². The summed E-state index contributed by atoms with van der Waals surface area (Å²) in [5.74, 6) is -0.166. The van der Waals surface area contributed by atoms with E-state index in [2.05, 4.69) is 21.8 Å². The highest BCUT2D eigenvalue weighted by atomic mass is 35.5. The number of aromatic nitrogens is 2. The molecule has 2 heterocycles. The molecule has 1 aliphatic heterocycles. The topological polar surface area (TPSA) is 69.3 Å². The van der Waals surface area contributed by atoms with Gasteiger partial charge in [-0.15, -0.1) is 0 Å². The third-order valence-corrected chi connectivity index (χ3v) is 4.47. The van der Waals surface area contributed by atoms with Crippen LogP contribution in [0.2, 0.25) is 5.02 Å². The van der Waals surface area contributed by atoms with Gasteiger partial charge in [0.05, 0.1) is 5.69 Å². The third-order valence-electron chi connectivity index (χ3n) is 4.22.